The first-order chi connectivity index (χ1) is 16.3. The molecule has 2 aromatic rings. The maximum Gasteiger partial charge on any atom is 0.260 e. The molecule has 0 fully saturated rings. The van der Waals surface area contributed by atoms with Gasteiger partial charge in [0.05, 0.1) is 24.5 Å². The second-order valence-corrected chi connectivity index (χ2v) is 8.70. The van der Waals surface area contributed by atoms with Gasteiger partial charge in [0, 0.05) is 43.5 Å². The Labute approximate surface area is 197 Å². The van der Waals surface area contributed by atoms with E-state index < -0.39 is 11.4 Å². The summed E-state index contributed by atoms with van der Waals surface area (Å²) in [6.07, 6.45) is 3.57. The van der Waals surface area contributed by atoms with E-state index in [1.165, 1.54) is 12.1 Å². The van der Waals surface area contributed by atoms with Crippen molar-refractivity contribution in [2.24, 2.45) is 0 Å². The number of pyridine rings is 1. The van der Waals surface area contributed by atoms with E-state index in [0.29, 0.717) is 54.6 Å². The number of halogens is 1. The van der Waals surface area contributed by atoms with Crippen LogP contribution in [-0.2, 0) is 9.53 Å². The molecule has 2 aliphatic rings. The van der Waals surface area contributed by atoms with E-state index in [4.69, 9.17) is 14.9 Å². The lowest BCUT2D eigenvalue weighted by Gasteiger charge is -2.24. The van der Waals surface area contributed by atoms with Crippen molar-refractivity contribution in [1.29, 1.82) is 0 Å². The molecule has 0 bridgehead atoms. The SMILES string of the molecule is CC1(C)O/C(=C2/C(=O)Nc3cc(F)ccc32)C=C1c1ccnc(NCCN(CCO)CCO)c1. The first kappa shape index (κ1) is 23.9. The minimum absolute atomic E-state index is 0.0340. The van der Waals surface area contributed by atoms with Gasteiger partial charge in [-0.2, -0.15) is 0 Å². The minimum atomic E-state index is -0.691. The summed E-state index contributed by atoms with van der Waals surface area (Å²) in [5, 5.41) is 24.3. The molecule has 3 heterocycles. The number of hydrogen-bond acceptors (Lipinski definition) is 7. The summed E-state index contributed by atoms with van der Waals surface area (Å²) in [5.41, 5.74) is 2.54. The molecule has 9 heteroatoms. The summed E-state index contributed by atoms with van der Waals surface area (Å²) in [6.45, 7) is 6.16. The smallest absolute Gasteiger partial charge is 0.260 e. The molecule has 4 rings (SSSR count). The number of ether oxygens (including phenoxy) is 1. The molecule has 0 saturated carbocycles. The predicted molar refractivity (Wildman–Crippen MR) is 128 cm³/mol. The lowest BCUT2D eigenvalue weighted by atomic mass is 9.92. The molecule has 0 saturated heterocycles. The third-order valence-electron chi connectivity index (χ3n) is 5.90. The molecular formula is C25H29FN4O4. The molecule has 1 aromatic heterocycles. The number of amides is 1. The molecular weight excluding hydrogens is 439 g/mol. The third-order valence-corrected chi connectivity index (χ3v) is 5.90. The first-order valence-electron chi connectivity index (χ1n) is 11.2. The number of allylic oxidation sites excluding steroid dienone is 1. The van der Waals surface area contributed by atoms with Gasteiger partial charge in [-0.3, -0.25) is 9.69 Å². The Balaban J connectivity index is 1.57. The average molecular weight is 469 g/mol. The van der Waals surface area contributed by atoms with Crippen LogP contribution < -0.4 is 10.6 Å². The van der Waals surface area contributed by atoms with E-state index in [1.54, 1.807) is 12.3 Å². The molecule has 1 aromatic carbocycles. The maximum absolute atomic E-state index is 13.6. The number of aliphatic hydroxyl groups excluding tert-OH is 2. The topological polar surface area (TPSA) is 107 Å². The Bertz CT molecular complexity index is 1140. The van der Waals surface area contributed by atoms with Crippen molar-refractivity contribution in [3.8, 4) is 0 Å². The highest BCUT2D eigenvalue weighted by Gasteiger charge is 2.38. The number of carbonyl (C=O) groups is 1. The zero-order chi connectivity index (χ0) is 24.3. The van der Waals surface area contributed by atoms with Crippen LogP contribution in [0.3, 0.4) is 0 Å². The van der Waals surface area contributed by atoms with E-state index in [2.05, 4.69) is 15.6 Å². The highest BCUT2D eigenvalue weighted by molar-refractivity contribution is 6.32. The molecule has 2 aliphatic heterocycles. The zero-order valence-electron chi connectivity index (χ0n) is 19.3. The summed E-state index contributed by atoms with van der Waals surface area (Å²) >= 11 is 0. The van der Waals surface area contributed by atoms with E-state index in [-0.39, 0.29) is 19.1 Å². The van der Waals surface area contributed by atoms with E-state index in [9.17, 15) is 9.18 Å². The Morgan fingerprint density at radius 1 is 1.15 bits per heavy atom. The summed E-state index contributed by atoms with van der Waals surface area (Å²) < 4.78 is 19.8. The van der Waals surface area contributed by atoms with Crippen LogP contribution in [0.5, 0.6) is 0 Å². The van der Waals surface area contributed by atoms with Crippen LogP contribution in [0.2, 0.25) is 0 Å². The van der Waals surface area contributed by atoms with Crippen molar-refractivity contribution in [2.75, 3.05) is 50.0 Å². The number of aliphatic hydroxyl groups is 2. The summed E-state index contributed by atoms with van der Waals surface area (Å²) in [5.74, 6) is 0.388. The van der Waals surface area contributed by atoms with Crippen molar-refractivity contribution < 1.29 is 24.1 Å². The fourth-order valence-electron chi connectivity index (χ4n) is 4.26. The predicted octanol–water partition coefficient (Wildman–Crippen LogP) is 2.47. The van der Waals surface area contributed by atoms with Crippen molar-refractivity contribution in [3.63, 3.8) is 0 Å². The second kappa shape index (κ2) is 9.92. The van der Waals surface area contributed by atoms with Crippen molar-refractivity contribution in [3.05, 3.63) is 65.3 Å². The number of nitrogens with one attached hydrogen (secondary N) is 2. The summed E-state index contributed by atoms with van der Waals surface area (Å²) in [4.78, 5) is 19.0. The van der Waals surface area contributed by atoms with Crippen molar-refractivity contribution >= 4 is 28.6 Å². The first-order valence-corrected chi connectivity index (χ1v) is 11.2. The molecule has 8 nitrogen and oxygen atoms in total. The number of anilines is 2. The van der Waals surface area contributed by atoms with Crippen LogP contribution in [-0.4, -0.2) is 71.0 Å². The normalized spacial score (nSPS) is 18.5. The lowest BCUT2D eigenvalue weighted by Crippen LogP contribution is -2.34. The molecule has 0 aliphatic carbocycles. The van der Waals surface area contributed by atoms with Crippen LogP contribution in [0, 0.1) is 5.82 Å². The number of carbonyl (C=O) groups excluding carboxylic acids is 1. The monoisotopic (exact) mass is 468 g/mol. The van der Waals surface area contributed by atoms with E-state index in [1.807, 2.05) is 37.0 Å². The summed E-state index contributed by atoms with van der Waals surface area (Å²) in [6, 6.07) is 8.02. The Hall–Kier alpha value is -3.27. The van der Waals surface area contributed by atoms with Crippen LogP contribution in [0.15, 0.2) is 48.4 Å². The van der Waals surface area contributed by atoms with Gasteiger partial charge in [0.2, 0.25) is 0 Å². The fraction of sp³-hybridized carbons (Fsp3) is 0.360. The van der Waals surface area contributed by atoms with Crippen LogP contribution in [0.25, 0.3) is 11.1 Å². The maximum atomic E-state index is 13.6. The largest absolute Gasteiger partial charge is 0.482 e. The van der Waals surface area contributed by atoms with E-state index in [0.717, 1.165) is 11.1 Å². The summed E-state index contributed by atoms with van der Waals surface area (Å²) in [7, 11) is 0. The molecule has 0 radical (unpaired) electrons. The van der Waals surface area contributed by atoms with Crippen LogP contribution in [0.4, 0.5) is 15.9 Å². The van der Waals surface area contributed by atoms with Gasteiger partial charge in [-0.1, -0.05) is 0 Å². The standard InChI is InChI=1S/C25H29FN4O4/c1-25(2)19(15-21(34-25)23-18-4-3-17(26)14-20(18)29-24(23)33)16-5-6-27-22(13-16)28-7-8-30(9-11-31)10-12-32/h3-6,13-15,31-32H,7-12H2,1-2H3,(H,27,28)(H,29,33)/b23-21+. The van der Waals surface area contributed by atoms with Gasteiger partial charge in [0.1, 0.15) is 23.0 Å². The average Bonchev–Trinajstić information content (AvgIpc) is 3.28. The molecule has 0 atom stereocenters. The van der Waals surface area contributed by atoms with Gasteiger partial charge in [-0.15, -0.1) is 0 Å². The minimum Gasteiger partial charge on any atom is -0.482 e. The quantitative estimate of drug-likeness (QED) is 0.419. The van der Waals surface area contributed by atoms with Gasteiger partial charge in [0.15, 0.2) is 0 Å². The van der Waals surface area contributed by atoms with Crippen LogP contribution >= 0.6 is 0 Å². The zero-order valence-corrected chi connectivity index (χ0v) is 19.3. The van der Waals surface area contributed by atoms with Crippen molar-refractivity contribution in [1.82, 2.24) is 9.88 Å². The fourth-order valence-corrected chi connectivity index (χ4v) is 4.26. The number of nitrogens with zero attached hydrogens (tertiary/aromatic N) is 2. The number of rotatable bonds is 9. The van der Waals surface area contributed by atoms with Gasteiger partial charge < -0.3 is 25.6 Å². The van der Waals surface area contributed by atoms with Gasteiger partial charge >= 0.3 is 0 Å². The molecule has 34 heavy (non-hydrogen) atoms. The van der Waals surface area contributed by atoms with Crippen LogP contribution in [0.1, 0.15) is 25.0 Å². The highest BCUT2D eigenvalue weighted by Crippen LogP contribution is 2.44. The van der Waals surface area contributed by atoms with Crippen molar-refractivity contribution in [2.45, 2.75) is 19.4 Å². The number of benzene rings is 1. The molecule has 0 unspecified atom stereocenters. The highest BCUT2D eigenvalue weighted by atomic mass is 19.1. The Morgan fingerprint density at radius 2 is 1.91 bits per heavy atom. The number of hydrogen-bond donors (Lipinski definition) is 4. The van der Waals surface area contributed by atoms with Gasteiger partial charge in [-0.05, 0) is 55.8 Å². The molecule has 4 N–H and O–H groups in total. The number of aromatic nitrogens is 1. The number of fused-ring (bicyclic) bond motifs is 1. The van der Waals surface area contributed by atoms with Gasteiger partial charge in [0.25, 0.3) is 5.91 Å². The molecule has 0 spiro atoms. The Morgan fingerprint density at radius 3 is 2.65 bits per heavy atom. The molecule has 1 amide bonds. The second-order valence-electron chi connectivity index (χ2n) is 8.70. The lowest BCUT2D eigenvalue weighted by molar-refractivity contribution is -0.111. The Kier molecular flexibility index (Phi) is 6.97. The molecule has 180 valence electrons. The third kappa shape index (κ3) is 4.96. The van der Waals surface area contributed by atoms with E-state index >= 15 is 0 Å². The van der Waals surface area contributed by atoms with Gasteiger partial charge in [-0.25, -0.2) is 9.37 Å².